The van der Waals surface area contributed by atoms with Crippen LogP contribution in [0.15, 0.2) is 121 Å². The van der Waals surface area contributed by atoms with Crippen LogP contribution in [-0.2, 0) is 5.41 Å². The molecular weight excluding hydrogens is 444 g/mol. The van der Waals surface area contributed by atoms with Gasteiger partial charge in [0.1, 0.15) is 0 Å². The molecule has 174 valence electrons. The normalized spacial score (nSPS) is 13.9. The van der Waals surface area contributed by atoms with Crippen LogP contribution in [0, 0.1) is 0 Å². The van der Waals surface area contributed by atoms with Crippen molar-refractivity contribution in [3.8, 4) is 22.3 Å². The Morgan fingerprint density at radius 3 is 1.89 bits per heavy atom. The molecule has 0 bridgehead atoms. The van der Waals surface area contributed by atoms with Gasteiger partial charge in [0, 0.05) is 5.41 Å². The predicted octanol–water partition coefficient (Wildman–Crippen LogP) is 10.3. The summed E-state index contributed by atoms with van der Waals surface area (Å²) in [7, 11) is 0. The van der Waals surface area contributed by atoms with Crippen LogP contribution in [0.1, 0.15) is 25.0 Å². The van der Waals surface area contributed by atoms with Gasteiger partial charge in [-0.05, 0) is 101 Å². The Balaban J connectivity index is 1.47. The highest BCUT2D eigenvalue weighted by molar-refractivity contribution is 6.17. The van der Waals surface area contributed by atoms with E-state index in [1.54, 1.807) is 0 Å². The Labute approximate surface area is 216 Å². The van der Waals surface area contributed by atoms with Crippen molar-refractivity contribution in [2.75, 3.05) is 0 Å². The molecule has 7 aromatic rings. The van der Waals surface area contributed by atoms with Crippen LogP contribution in [0.5, 0.6) is 0 Å². The molecule has 37 heavy (non-hydrogen) atoms. The zero-order valence-electron chi connectivity index (χ0n) is 21.0. The van der Waals surface area contributed by atoms with Crippen molar-refractivity contribution in [2.24, 2.45) is 0 Å². The fourth-order valence-electron chi connectivity index (χ4n) is 6.74. The summed E-state index contributed by atoms with van der Waals surface area (Å²) in [5.41, 5.74) is 8.04. The number of hydrogen-bond acceptors (Lipinski definition) is 0. The third-order valence-corrected chi connectivity index (χ3v) is 8.60. The smallest absolute Gasteiger partial charge is 0.0159 e. The molecule has 0 fully saturated rings. The largest absolute Gasteiger partial charge is 0.0616 e. The molecule has 0 amide bonds. The summed E-state index contributed by atoms with van der Waals surface area (Å²) in [4.78, 5) is 0. The molecule has 0 saturated carbocycles. The van der Waals surface area contributed by atoms with Crippen LogP contribution in [0.4, 0.5) is 0 Å². The van der Waals surface area contributed by atoms with Gasteiger partial charge in [-0.15, -0.1) is 0 Å². The third kappa shape index (κ3) is 2.84. The minimum atomic E-state index is -0.0522. The lowest BCUT2D eigenvalue weighted by atomic mass is 9.68. The molecule has 0 spiro atoms. The molecule has 0 radical (unpaired) electrons. The van der Waals surface area contributed by atoms with Crippen molar-refractivity contribution in [3.63, 3.8) is 0 Å². The van der Waals surface area contributed by atoms with Crippen molar-refractivity contribution in [3.05, 3.63) is 132 Å². The topological polar surface area (TPSA) is 0 Å². The zero-order chi connectivity index (χ0) is 24.7. The summed E-state index contributed by atoms with van der Waals surface area (Å²) < 4.78 is 0. The van der Waals surface area contributed by atoms with Gasteiger partial charge in [0.05, 0.1) is 0 Å². The Kier molecular flexibility index (Phi) is 4.10. The summed E-state index contributed by atoms with van der Waals surface area (Å²) in [6.07, 6.45) is 0. The Morgan fingerprint density at radius 1 is 0.405 bits per heavy atom. The quantitative estimate of drug-likeness (QED) is 0.165. The minimum Gasteiger partial charge on any atom is -0.0616 e. The molecule has 7 aromatic carbocycles. The van der Waals surface area contributed by atoms with Crippen LogP contribution in [-0.4, -0.2) is 0 Å². The summed E-state index contributed by atoms with van der Waals surface area (Å²) in [6.45, 7) is 4.74. The molecular formula is C37H26. The average Bonchev–Trinajstić information content (AvgIpc) is 2.94. The molecule has 1 aliphatic carbocycles. The van der Waals surface area contributed by atoms with Crippen LogP contribution in [0.25, 0.3) is 65.3 Å². The first-order valence-electron chi connectivity index (χ1n) is 13.1. The summed E-state index contributed by atoms with van der Waals surface area (Å²) >= 11 is 0. The highest BCUT2D eigenvalue weighted by Gasteiger charge is 2.33. The van der Waals surface area contributed by atoms with Crippen molar-refractivity contribution >= 4 is 43.1 Å². The fraction of sp³-hybridized carbons (Fsp3) is 0.0811. The predicted molar refractivity (Wildman–Crippen MR) is 159 cm³/mol. The first-order valence-corrected chi connectivity index (χ1v) is 13.1. The maximum absolute atomic E-state index is 2.44. The summed E-state index contributed by atoms with van der Waals surface area (Å²) in [5, 5.41) is 10.5. The van der Waals surface area contributed by atoms with Crippen LogP contribution < -0.4 is 0 Å². The fourth-order valence-corrected chi connectivity index (χ4v) is 6.74. The summed E-state index contributed by atoms with van der Waals surface area (Å²) in [5.74, 6) is 0. The molecule has 0 heterocycles. The molecule has 0 saturated heterocycles. The molecule has 0 aliphatic heterocycles. The highest BCUT2D eigenvalue weighted by atomic mass is 14.4. The van der Waals surface area contributed by atoms with Gasteiger partial charge in [0.2, 0.25) is 0 Å². The van der Waals surface area contributed by atoms with Crippen LogP contribution >= 0.6 is 0 Å². The van der Waals surface area contributed by atoms with Crippen LogP contribution in [0.2, 0.25) is 0 Å². The first kappa shape index (κ1) is 20.7. The molecule has 0 nitrogen and oxygen atoms in total. The molecule has 0 unspecified atom stereocenters. The second-order valence-electron chi connectivity index (χ2n) is 11.0. The second-order valence-corrected chi connectivity index (χ2v) is 11.0. The zero-order valence-corrected chi connectivity index (χ0v) is 21.0. The Bertz CT molecular complexity index is 2050. The van der Waals surface area contributed by atoms with Crippen molar-refractivity contribution in [2.45, 2.75) is 19.3 Å². The number of fused-ring (bicyclic) bond motifs is 6. The average molecular weight is 471 g/mol. The first-order chi connectivity index (χ1) is 18.1. The van der Waals surface area contributed by atoms with Gasteiger partial charge in [0.25, 0.3) is 0 Å². The van der Waals surface area contributed by atoms with Gasteiger partial charge in [-0.25, -0.2) is 0 Å². The minimum absolute atomic E-state index is 0.0522. The van der Waals surface area contributed by atoms with Crippen LogP contribution in [0.3, 0.4) is 0 Å². The van der Waals surface area contributed by atoms with E-state index in [1.165, 1.54) is 76.5 Å². The third-order valence-electron chi connectivity index (χ3n) is 8.60. The van der Waals surface area contributed by atoms with Gasteiger partial charge in [-0.2, -0.15) is 0 Å². The van der Waals surface area contributed by atoms with Gasteiger partial charge in [0.15, 0.2) is 0 Å². The molecule has 1 aliphatic rings. The van der Waals surface area contributed by atoms with E-state index in [-0.39, 0.29) is 5.41 Å². The van der Waals surface area contributed by atoms with E-state index in [2.05, 4.69) is 135 Å². The lowest BCUT2D eigenvalue weighted by Crippen LogP contribution is -2.23. The lowest BCUT2D eigenvalue weighted by molar-refractivity contribution is 0.645. The monoisotopic (exact) mass is 470 g/mol. The van der Waals surface area contributed by atoms with E-state index < -0.39 is 0 Å². The van der Waals surface area contributed by atoms with E-state index in [0.717, 1.165) is 0 Å². The van der Waals surface area contributed by atoms with Gasteiger partial charge in [-0.1, -0.05) is 111 Å². The van der Waals surface area contributed by atoms with Gasteiger partial charge in [-0.3, -0.25) is 0 Å². The SMILES string of the molecule is CC1(C)c2ccc(-c3cc4ccccc4c4cc5ccccc5cc34)cc2-c2cccc3cccc1c23. The second kappa shape index (κ2) is 7.31. The van der Waals surface area contributed by atoms with Crippen molar-refractivity contribution in [1.82, 2.24) is 0 Å². The van der Waals surface area contributed by atoms with Gasteiger partial charge >= 0.3 is 0 Å². The van der Waals surface area contributed by atoms with E-state index >= 15 is 0 Å². The molecule has 0 atom stereocenters. The highest BCUT2D eigenvalue weighted by Crippen LogP contribution is 2.50. The van der Waals surface area contributed by atoms with E-state index in [1.807, 2.05) is 0 Å². The van der Waals surface area contributed by atoms with Crippen molar-refractivity contribution in [1.29, 1.82) is 0 Å². The van der Waals surface area contributed by atoms with E-state index in [4.69, 9.17) is 0 Å². The Morgan fingerprint density at radius 2 is 1.08 bits per heavy atom. The van der Waals surface area contributed by atoms with Gasteiger partial charge < -0.3 is 0 Å². The molecule has 8 rings (SSSR count). The molecule has 0 aromatic heterocycles. The van der Waals surface area contributed by atoms with Crippen molar-refractivity contribution < 1.29 is 0 Å². The number of hydrogen-bond donors (Lipinski definition) is 0. The maximum atomic E-state index is 2.44. The Hall–Kier alpha value is -4.42. The number of rotatable bonds is 1. The molecule has 0 N–H and O–H groups in total. The lowest BCUT2D eigenvalue weighted by Gasteiger charge is -2.35. The molecule has 0 heteroatoms. The van der Waals surface area contributed by atoms with E-state index in [0.29, 0.717) is 0 Å². The van der Waals surface area contributed by atoms with E-state index in [9.17, 15) is 0 Å². The standard InChI is InChI=1S/C37H26/c1-37(2)34-18-17-27(22-33(34)29-15-7-12-23-13-8-16-35(37)36(23)29)30-21-26-11-5-6-14-28(26)31-19-24-9-3-4-10-25(24)20-32(30)31/h3-22H,1-2H3. The summed E-state index contributed by atoms with van der Waals surface area (Å²) in [6, 6.07) is 45.3. The maximum Gasteiger partial charge on any atom is 0.0159 e. The number of benzene rings is 7.